The van der Waals surface area contributed by atoms with Gasteiger partial charge in [0.1, 0.15) is 0 Å². The van der Waals surface area contributed by atoms with Crippen LogP contribution in [-0.2, 0) is 5.41 Å². The summed E-state index contributed by atoms with van der Waals surface area (Å²) in [5.74, 6) is 4.27. The van der Waals surface area contributed by atoms with Gasteiger partial charge in [0.05, 0.1) is 5.69 Å². The van der Waals surface area contributed by atoms with E-state index in [2.05, 4.69) is 141 Å². The maximum absolute atomic E-state index is 2.71. The van der Waals surface area contributed by atoms with E-state index in [0.29, 0.717) is 11.8 Å². The molecule has 0 aromatic heterocycles. The monoisotopic (exact) mass is 636 g/mol. The first-order valence-electron chi connectivity index (χ1n) is 19.1. The van der Waals surface area contributed by atoms with Crippen molar-refractivity contribution in [3.8, 4) is 0 Å². The van der Waals surface area contributed by atoms with E-state index in [1.807, 2.05) is 0 Å². The maximum Gasteiger partial charge on any atom is 0.252 e. The van der Waals surface area contributed by atoms with Gasteiger partial charge in [-0.1, -0.05) is 94.4 Å². The van der Waals surface area contributed by atoms with E-state index in [4.69, 9.17) is 0 Å². The number of fused-ring (bicyclic) bond motifs is 6. The number of hydrogen-bond acceptors (Lipinski definition) is 2. The Labute approximate surface area is 292 Å². The fourth-order valence-corrected chi connectivity index (χ4v) is 12.2. The molecule has 5 aromatic rings. The zero-order valence-corrected chi connectivity index (χ0v) is 29.3. The van der Waals surface area contributed by atoms with Crippen molar-refractivity contribution in [3.63, 3.8) is 0 Å². The van der Waals surface area contributed by atoms with Gasteiger partial charge in [-0.05, 0) is 143 Å². The number of para-hydroxylation sites is 2. The lowest BCUT2D eigenvalue weighted by Gasteiger charge is -2.64. The topological polar surface area (TPSA) is 6.48 Å². The SMILES string of the molecule is CC(C)c1cccc(N2c3ccc(C(C)C)cc3B3c4cccc5c4N(c4ccccc4C54C5CC6CC(C5)CC4C6)c4cccc2c43)c1. The largest absolute Gasteiger partial charge is 0.311 e. The molecule has 0 unspecified atom stereocenters. The summed E-state index contributed by atoms with van der Waals surface area (Å²) in [5, 5.41) is 0. The molecule has 5 aromatic carbocycles. The van der Waals surface area contributed by atoms with E-state index in [1.165, 1.54) is 93.7 Å². The number of rotatable bonds is 3. The van der Waals surface area contributed by atoms with E-state index in [-0.39, 0.29) is 12.1 Å². The second-order valence-corrected chi connectivity index (χ2v) is 17.0. The summed E-state index contributed by atoms with van der Waals surface area (Å²) in [7, 11) is 0. The van der Waals surface area contributed by atoms with Crippen LogP contribution in [0.5, 0.6) is 0 Å². The van der Waals surface area contributed by atoms with Crippen LogP contribution in [-0.4, -0.2) is 6.71 Å². The van der Waals surface area contributed by atoms with E-state index < -0.39 is 0 Å². The first-order valence-corrected chi connectivity index (χ1v) is 19.1. The Bertz CT molecular complexity index is 2170. The van der Waals surface area contributed by atoms with Crippen molar-refractivity contribution in [3.05, 3.63) is 125 Å². The minimum Gasteiger partial charge on any atom is -0.311 e. The van der Waals surface area contributed by atoms with Gasteiger partial charge in [0, 0.05) is 33.9 Å². The zero-order valence-electron chi connectivity index (χ0n) is 29.3. The number of nitrogens with zero attached hydrogens (tertiary/aromatic N) is 2. The Kier molecular flexibility index (Phi) is 5.80. The fourth-order valence-electron chi connectivity index (χ4n) is 12.2. The van der Waals surface area contributed by atoms with Crippen molar-refractivity contribution in [2.45, 2.75) is 77.0 Å². The van der Waals surface area contributed by atoms with E-state index in [0.717, 1.165) is 23.7 Å². The highest BCUT2D eigenvalue weighted by molar-refractivity contribution is 7.00. The van der Waals surface area contributed by atoms with Gasteiger partial charge in [0.25, 0.3) is 6.71 Å². The van der Waals surface area contributed by atoms with Gasteiger partial charge >= 0.3 is 0 Å². The highest BCUT2D eigenvalue weighted by atomic mass is 15.2. The standard InChI is InChI=1S/C46H45BN2/c1-27(2)31-10-7-11-35(25-31)48-41-19-18-32(28(3)4)26-39(41)47-38-14-8-13-37-45(38)49(43-17-9-16-42(48)44(43)47)40-15-6-5-12-36(40)46(37)33-21-29-20-30(23-33)24-34(46)22-29/h5-19,25-30,33-34H,20-24H2,1-4H3. The van der Waals surface area contributed by atoms with Gasteiger partial charge in [-0.25, -0.2) is 0 Å². The van der Waals surface area contributed by atoms with Crippen molar-refractivity contribution < 1.29 is 0 Å². The molecule has 1 spiro atoms. The van der Waals surface area contributed by atoms with Crippen molar-refractivity contribution >= 4 is 57.2 Å². The van der Waals surface area contributed by atoms with Gasteiger partial charge in [0.15, 0.2) is 0 Å². The molecule has 12 rings (SSSR count). The van der Waals surface area contributed by atoms with Crippen LogP contribution in [0.15, 0.2) is 103 Å². The molecule has 49 heavy (non-hydrogen) atoms. The van der Waals surface area contributed by atoms with Crippen molar-refractivity contribution in [2.75, 3.05) is 9.80 Å². The molecule has 0 amide bonds. The van der Waals surface area contributed by atoms with Crippen LogP contribution in [0.4, 0.5) is 34.1 Å². The predicted octanol–water partition coefficient (Wildman–Crippen LogP) is 10.1. The van der Waals surface area contributed by atoms with Gasteiger partial charge in [-0.15, -0.1) is 0 Å². The van der Waals surface area contributed by atoms with Crippen LogP contribution < -0.4 is 26.2 Å². The van der Waals surface area contributed by atoms with Crippen LogP contribution in [0.25, 0.3) is 0 Å². The molecule has 4 fully saturated rings. The summed E-state index contributed by atoms with van der Waals surface area (Å²) in [6.07, 6.45) is 7.09. The average molecular weight is 637 g/mol. The normalized spacial score (nSPS) is 26.3. The number of benzene rings is 5. The Morgan fingerprint density at radius 3 is 1.94 bits per heavy atom. The van der Waals surface area contributed by atoms with Crippen molar-refractivity contribution in [1.82, 2.24) is 0 Å². The highest BCUT2D eigenvalue weighted by Crippen LogP contribution is 2.69. The van der Waals surface area contributed by atoms with Crippen molar-refractivity contribution in [1.29, 1.82) is 0 Å². The molecular formula is C46H45BN2. The molecule has 0 radical (unpaired) electrons. The van der Waals surface area contributed by atoms with Gasteiger partial charge in [-0.2, -0.15) is 0 Å². The molecular weight excluding hydrogens is 591 g/mol. The minimum absolute atomic E-state index is 0.113. The molecule has 4 saturated carbocycles. The highest BCUT2D eigenvalue weighted by Gasteiger charge is 2.62. The molecule has 242 valence electrons. The summed E-state index contributed by atoms with van der Waals surface area (Å²) in [6, 6.07) is 40.9. The summed E-state index contributed by atoms with van der Waals surface area (Å²) in [5.41, 5.74) is 18.7. The molecule has 4 aliphatic carbocycles. The third-order valence-corrected chi connectivity index (χ3v) is 14.0. The predicted molar refractivity (Wildman–Crippen MR) is 206 cm³/mol. The summed E-state index contributed by atoms with van der Waals surface area (Å²) in [4.78, 5) is 5.29. The third kappa shape index (κ3) is 3.59. The third-order valence-electron chi connectivity index (χ3n) is 14.0. The van der Waals surface area contributed by atoms with Crippen LogP contribution >= 0.6 is 0 Å². The second-order valence-electron chi connectivity index (χ2n) is 17.0. The lowest BCUT2D eigenvalue weighted by atomic mass is 9.32. The van der Waals surface area contributed by atoms with Gasteiger partial charge < -0.3 is 9.80 Å². The van der Waals surface area contributed by atoms with Crippen molar-refractivity contribution in [2.24, 2.45) is 23.7 Å². The zero-order chi connectivity index (χ0) is 32.8. The molecule has 0 N–H and O–H groups in total. The fraction of sp³-hybridized carbons (Fsp3) is 0.348. The first kappa shape index (κ1) is 28.6. The minimum atomic E-state index is 0.113. The molecule has 7 aliphatic rings. The lowest BCUT2D eigenvalue weighted by Crippen LogP contribution is -2.64. The van der Waals surface area contributed by atoms with Crippen LogP contribution in [0.1, 0.15) is 93.9 Å². The van der Waals surface area contributed by atoms with E-state index in [9.17, 15) is 0 Å². The molecule has 2 nitrogen and oxygen atoms in total. The van der Waals surface area contributed by atoms with E-state index >= 15 is 0 Å². The molecule has 3 aliphatic heterocycles. The second kappa shape index (κ2) is 9.93. The summed E-state index contributed by atoms with van der Waals surface area (Å²) >= 11 is 0. The van der Waals surface area contributed by atoms with Gasteiger partial charge in [0.2, 0.25) is 0 Å². The van der Waals surface area contributed by atoms with Gasteiger partial charge in [-0.3, -0.25) is 0 Å². The van der Waals surface area contributed by atoms with E-state index in [1.54, 1.807) is 11.1 Å². The number of hydrogen-bond donors (Lipinski definition) is 0. The number of anilines is 6. The molecule has 0 atom stereocenters. The van der Waals surface area contributed by atoms with Crippen LogP contribution in [0, 0.1) is 23.7 Å². The Hall–Kier alpha value is -4.24. The quantitative estimate of drug-likeness (QED) is 0.178. The molecule has 0 saturated heterocycles. The summed E-state index contributed by atoms with van der Waals surface area (Å²) in [6.45, 7) is 9.48. The van der Waals surface area contributed by atoms with Crippen LogP contribution in [0.2, 0.25) is 0 Å². The first-order chi connectivity index (χ1) is 23.9. The Morgan fingerprint density at radius 1 is 0.551 bits per heavy atom. The summed E-state index contributed by atoms with van der Waals surface area (Å²) < 4.78 is 0. The molecule has 3 heterocycles. The lowest BCUT2D eigenvalue weighted by molar-refractivity contribution is -0.0419. The molecule has 3 heteroatoms. The Balaban J connectivity index is 1.22. The van der Waals surface area contributed by atoms with Crippen LogP contribution in [0.3, 0.4) is 0 Å². The smallest absolute Gasteiger partial charge is 0.252 e. The maximum atomic E-state index is 2.71. The average Bonchev–Trinajstić information content (AvgIpc) is 3.11. The molecule has 4 bridgehead atoms. The Morgan fingerprint density at radius 2 is 1.18 bits per heavy atom.